The van der Waals surface area contributed by atoms with Gasteiger partial charge in [-0.25, -0.2) is 4.98 Å². The van der Waals surface area contributed by atoms with Gasteiger partial charge in [-0.05, 0) is 30.2 Å². The summed E-state index contributed by atoms with van der Waals surface area (Å²) in [5.74, 6) is 0.854. The second-order valence-electron chi connectivity index (χ2n) is 7.38. The van der Waals surface area contributed by atoms with E-state index in [0.29, 0.717) is 66.1 Å². The molecule has 1 saturated heterocycles. The van der Waals surface area contributed by atoms with Gasteiger partial charge in [0.05, 0.1) is 30.7 Å². The molecule has 2 heterocycles. The van der Waals surface area contributed by atoms with Crippen molar-refractivity contribution < 1.29 is 9.53 Å². The van der Waals surface area contributed by atoms with Crippen LogP contribution in [0.2, 0.25) is 5.02 Å². The summed E-state index contributed by atoms with van der Waals surface area (Å²) in [5, 5.41) is 1.74. The van der Waals surface area contributed by atoms with E-state index in [9.17, 15) is 9.59 Å². The fraction of sp³-hybridized carbons (Fsp3) is 0.348. The number of hydrogen-bond acceptors (Lipinski definition) is 5. The molecule has 4 rings (SSSR count). The molecular weight excluding hydrogens is 434 g/mol. The SMILES string of the molecule is O=C(CCCSc1nc2cc(Cl)ccc2c(=O)n1Cc1ccccc1)N1CCOCC1. The molecule has 0 N–H and O–H groups in total. The number of carbonyl (C=O) groups is 1. The summed E-state index contributed by atoms with van der Waals surface area (Å²) in [5.41, 5.74) is 1.54. The van der Waals surface area contributed by atoms with Crippen LogP contribution in [-0.2, 0) is 16.1 Å². The Balaban J connectivity index is 1.51. The number of fused-ring (bicyclic) bond motifs is 1. The van der Waals surface area contributed by atoms with Crippen molar-refractivity contribution in [2.75, 3.05) is 32.1 Å². The molecule has 6 nitrogen and oxygen atoms in total. The van der Waals surface area contributed by atoms with Gasteiger partial charge in [0.25, 0.3) is 5.56 Å². The van der Waals surface area contributed by atoms with Crippen LogP contribution in [0.4, 0.5) is 0 Å². The second-order valence-corrected chi connectivity index (χ2v) is 8.88. The van der Waals surface area contributed by atoms with Crippen molar-refractivity contribution in [3.63, 3.8) is 0 Å². The predicted molar refractivity (Wildman–Crippen MR) is 124 cm³/mol. The summed E-state index contributed by atoms with van der Waals surface area (Å²) < 4.78 is 7.01. The van der Waals surface area contributed by atoms with Crippen LogP contribution in [0.15, 0.2) is 58.5 Å². The molecule has 1 aliphatic rings. The third-order valence-electron chi connectivity index (χ3n) is 5.20. The van der Waals surface area contributed by atoms with E-state index in [1.54, 1.807) is 22.8 Å². The minimum atomic E-state index is -0.0857. The Hall–Kier alpha value is -2.35. The van der Waals surface area contributed by atoms with Gasteiger partial charge in [0.1, 0.15) is 0 Å². The summed E-state index contributed by atoms with van der Waals surface area (Å²) >= 11 is 7.62. The van der Waals surface area contributed by atoms with E-state index in [1.807, 2.05) is 35.2 Å². The maximum absolute atomic E-state index is 13.2. The van der Waals surface area contributed by atoms with Crippen LogP contribution in [0.5, 0.6) is 0 Å². The number of amides is 1. The Morgan fingerprint density at radius 2 is 1.90 bits per heavy atom. The van der Waals surface area contributed by atoms with Gasteiger partial charge in [0.2, 0.25) is 5.91 Å². The highest BCUT2D eigenvalue weighted by molar-refractivity contribution is 7.99. The Morgan fingerprint density at radius 1 is 1.13 bits per heavy atom. The molecule has 1 aliphatic heterocycles. The lowest BCUT2D eigenvalue weighted by molar-refractivity contribution is -0.135. The zero-order chi connectivity index (χ0) is 21.6. The van der Waals surface area contributed by atoms with Crippen LogP contribution in [0.25, 0.3) is 10.9 Å². The Labute approximate surface area is 190 Å². The maximum atomic E-state index is 13.2. The van der Waals surface area contributed by atoms with Gasteiger partial charge >= 0.3 is 0 Å². The monoisotopic (exact) mass is 457 g/mol. The molecule has 0 aliphatic carbocycles. The van der Waals surface area contributed by atoms with Crippen molar-refractivity contribution in [1.29, 1.82) is 0 Å². The zero-order valence-electron chi connectivity index (χ0n) is 17.1. The lowest BCUT2D eigenvalue weighted by Gasteiger charge is -2.26. The number of carbonyl (C=O) groups excluding carboxylic acids is 1. The molecule has 1 fully saturated rings. The van der Waals surface area contributed by atoms with E-state index >= 15 is 0 Å². The molecule has 2 aromatic carbocycles. The first-order valence-corrected chi connectivity index (χ1v) is 11.7. The molecule has 0 radical (unpaired) electrons. The number of ether oxygens (including phenoxy) is 1. The standard InChI is InChI=1S/C23H24ClN3O3S/c24-18-8-9-19-20(15-18)25-23(27(22(19)29)16-17-5-2-1-3-6-17)31-14-4-7-21(28)26-10-12-30-13-11-26/h1-3,5-6,8-9,15H,4,7,10-14,16H2. The van der Waals surface area contributed by atoms with Gasteiger partial charge in [-0.1, -0.05) is 53.7 Å². The minimum absolute atomic E-state index is 0.0857. The van der Waals surface area contributed by atoms with Crippen LogP contribution >= 0.6 is 23.4 Å². The average molecular weight is 458 g/mol. The number of rotatable bonds is 7. The number of nitrogens with zero attached hydrogens (tertiary/aromatic N) is 3. The maximum Gasteiger partial charge on any atom is 0.262 e. The Kier molecular flexibility index (Phi) is 7.27. The minimum Gasteiger partial charge on any atom is -0.378 e. The van der Waals surface area contributed by atoms with Crippen LogP contribution in [-0.4, -0.2) is 52.4 Å². The Morgan fingerprint density at radius 3 is 2.68 bits per heavy atom. The highest BCUT2D eigenvalue weighted by Crippen LogP contribution is 2.22. The summed E-state index contributed by atoms with van der Waals surface area (Å²) in [4.78, 5) is 32.2. The van der Waals surface area contributed by atoms with Gasteiger partial charge in [0, 0.05) is 30.3 Å². The van der Waals surface area contributed by atoms with Crippen LogP contribution in [0, 0.1) is 0 Å². The highest BCUT2D eigenvalue weighted by atomic mass is 35.5. The van der Waals surface area contributed by atoms with Crippen LogP contribution in [0.1, 0.15) is 18.4 Å². The summed E-state index contributed by atoms with van der Waals surface area (Å²) in [6.07, 6.45) is 1.20. The molecule has 0 spiro atoms. The largest absolute Gasteiger partial charge is 0.378 e. The molecule has 8 heteroatoms. The number of benzene rings is 2. The topological polar surface area (TPSA) is 64.4 Å². The van der Waals surface area contributed by atoms with E-state index in [-0.39, 0.29) is 11.5 Å². The molecule has 0 atom stereocenters. The fourth-order valence-electron chi connectivity index (χ4n) is 3.55. The Bertz CT molecular complexity index is 1110. The number of morpholine rings is 1. The smallest absolute Gasteiger partial charge is 0.262 e. The lowest BCUT2D eigenvalue weighted by atomic mass is 10.2. The molecule has 0 bridgehead atoms. The van der Waals surface area contributed by atoms with Crippen molar-refractivity contribution in [3.05, 3.63) is 69.5 Å². The van der Waals surface area contributed by atoms with Gasteiger partial charge < -0.3 is 9.64 Å². The normalized spacial score (nSPS) is 14.2. The molecule has 162 valence electrons. The number of halogens is 1. The number of thioether (sulfide) groups is 1. The van der Waals surface area contributed by atoms with E-state index in [0.717, 1.165) is 12.0 Å². The first-order valence-electron chi connectivity index (χ1n) is 10.3. The van der Waals surface area contributed by atoms with Crippen LogP contribution in [0.3, 0.4) is 0 Å². The summed E-state index contributed by atoms with van der Waals surface area (Å²) in [7, 11) is 0. The first-order chi connectivity index (χ1) is 15.1. The molecule has 0 unspecified atom stereocenters. The van der Waals surface area contributed by atoms with Gasteiger partial charge in [-0.15, -0.1) is 0 Å². The molecule has 3 aromatic rings. The highest BCUT2D eigenvalue weighted by Gasteiger charge is 2.17. The molecule has 0 saturated carbocycles. The van der Waals surface area contributed by atoms with Crippen molar-refractivity contribution in [2.45, 2.75) is 24.5 Å². The summed E-state index contributed by atoms with van der Waals surface area (Å²) in [6.45, 7) is 2.98. The van der Waals surface area contributed by atoms with E-state index < -0.39 is 0 Å². The van der Waals surface area contributed by atoms with Crippen molar-refractivity contribution in [1.82, 2.24) is 14.5 Å². The first kappa shape index (κ1) is 21.9. The van der Waals surface area contributed by atoms with Gasteiger partial charge in [0.15, 0.2) is 5.16 Å². The van der Waals surface area contributed by atoms with Crippen molar-refractivity contribution in [3.8, 4) is 0 Å². The fourth-order valence-corrected chi connectivity index (χ4v) is 4.65. The molecule has 1 amide bonds. The predicted octanol–water partition coefficient (Wildman–Crippen LogP) is 3.83. The van der Waals surface area contributed by atoms with Crippen molar-refractivity contribution >= 4 is 40.2 Å². The van der Waals surface area contributed by atoms with E-state index in [4.69, 9.17) is 21.3 Å². The van der Waals surface area contributed by atoms with E-state index in [2.05, 4.69) is 0 Å². The summed E-state index contributed by atoms with van der Waals surface area (Å²) in [6, 6.07) is 15.0. The second kappa shape index (κ2) is 10.3. The quantitative estimate of drug-likeness (QED) is 0.306. The van der Waals surface area contributed by atoms with Crippen LogP contribution < -0.4 is 5.56 Å². The third kappa shape index (κ3) is 5.47. The molecule has 1 aromatic heterocycles. The lowest BCUT2D eigenvalue weighted by Crippen LogP contribution is -2.40. The van der Waals surface area contributed by atoms with Gasteiger partial charge in [-0.3, -0.25) is 14.2 Å². The molecular formula is C23H24ClN3O3S. The number of hydrogen-bond donors (Lipinski definition) is 0. The average Bonchev–Trinajstić information content (AvgIpc) is 2.80. The molecule has 31 heavy (non-hydrogen) atoms. The third-order valence-corrected chi connectivity index (χ3v) is 6.49. The zero-order valence-corrected chi connectivity index (χ0v) is 18.7. The van der Waals surface area contributed by atoms with Crippen molar-refractivity contribution in [2.24, 2.45) is 0 Å². The van der Waals surface area contributed by atoms with Gasteiger partial charge in [-0.2, -0.15) is 0 Å². The van der Waals surface area contributed by atoms with E-state index in [1.165, 1.54) is 11.8 Å². The number of aromatic nitrogens is 2.